The number of carbonyl (C=O) groups is 2. The maximum atomic E-state index is 12.0. The summed E-state index contributed by atoms with van der Waals surface area (Å²) in [5, 5.41) is 5.83. The molecule has 0 radical (unpaired) electrons. The van der Waals surface area contributed by atoms with Crippen LogP contribution < -0.4 is 15.4 Å². The average molecular weight is 331 g/mol. The first-order valence-electron chi connectivity index (χ1n) is 8.67. The molecule has 2 N–H and O–H groups in total. The Kier molecular flexibility index (Phi) is 5.35. The Bertz CT molecular complexity index is 618. The molecule has 3 rings (SSSR count). The number of nitrogens with one attached hydrogen (secondary N) is 2. The van der Waals surface area contributed by atoms with Crippen LogP contribution in [-0.2, 0) is 16.0 Å². The van der Waals surface area contributed by atoms with Crippen LogP contribution in [0.4, 0.5) is 5.69 Å². The molecular formula is C18H25N3O3. The highest BCUT2D eigenvalue weighted by molar-refractivity contribution is 5.94. The van der Waals surface area contributed by atoms with Gasteiger partial charge in [-0.3, -0.25) is 14.5 Å². The van der Waals surface area contributed by atoms with Crippen LogP contribution in [0.2, 0.25) is 0 Å². The van der Waals surface area contributed by atoms with Crippen molar-refractivity contribution in [2.45, 2.75) is 38.1 Å². The van der Waals surface area contributed by atoms with Crippen LogP contribution >= 0.6 is 0 Å². The van der Waals surface area contributed by atoms with E-state index < -0.39 is 0 Å². The van der Waals surface area contributed by atoms with Crippen molar-refractivity contribution in [2.75, 3.05) is 32.1 Å². The Morgan fingerprint density at radius 3 is 3.00 bits per heavy atom. The van der Waals surface area contributed by atoms with Gasteiger partial charge in [0.25, 0.3) is 0 Å². The summed E-state index contributed by atoms with van der Waals surface area (Å²) in [6.07, 6.45) is 4.31. The third-order valence-electron chi connectivity index (χ3n) is 4.72. The van der Waals surface area contributed by atoms with Gasteiger partial charge in [-0.2, -0.15) is 0 Å². The van der Waals surface area contributed by atoms with Crippen molar-refractivity contribution in [1.29, 1.82) is 0 Å². The molecule has 1 aromatic carbocycles. The first-order chi connectivity index (χ1) is 11.6. The van der Waals surface area contributed by atoms with Gasteiger partial charge in [-0.25, -0.2) is 0 Å². The number of rotatable bonds is 5. The van der Waals surface area contributed by atoms with Crippen molar-refractivity contribution in [3.63, 3.8) is 0 Å². The first-order valence-corrected chi connectivity index (χ1v) is 8.67. The number of ether oxygens (including phenoxy) is 1. The first kappa shape index (κ1) is 16.8. The lowest BCUT2D eigenvalue weighted by molar-refractivity contribution is -0.125. The van der Waals surface area contributed by atoms with Crippen molar-refractivity contribution >= 4 is 17.5 Å². The zero-order valence-electron chi connectivity index (χ0n) is 14.1. The van der Waals surface area contributed by atoms with Gasteiger partial charge in [0.1, 0.15) is 12.4 Å². The van der Waals surface area contributed by atoms with Crippen LogP contribution in [-0.4, -0.2) is 49.5 Å². The fraction of sp³-hybridized carbons (Fsp3) is 0.556. The van der Waals surface area contributed by atoms with E-state index >= 15 is 0 Å². The van der Waals surface area contributed by atoms with E-state index in [4.69, 9.17) is 4.74 Å². The molecule has 0 spiro atoms. The summed E-state index contributed by atoms with van der Waals surface area (Å²) in [6.45, 7) is 2.02. The maximum absolute atomic E-state index is 12.0. The second-order valence-electron chi connectivity index (χ2n) is 6.50. The average Bonchev–Trinajstić information content (AvgIpc) is 2.79. The van der Waals surface area contributed by atoms with Crippen molar-refractivity contribution in [2.24, 2.45) is 0 Å². The van der Waals surface area contributed by atoms with E-state index in [9.17, 15) is 9.59 Å². The normalized spacial score (nSPS) is 20.8. The topological polar surface area (TPSA) is 70.7 Å². The lowest BCUT2D eigenvalue weighted by atomic mass is 10.0. The summed E-state index contributed by atoms with van der Waals surface area (Å²) < 4.78 is 5.84. The fourth-order valence-electron chi connectivity index (χ4n) is 3.26. The minimum Gasteiger partial charge on any atom is -0.492 e. The number of carbonyl (C=O) groups excluding carboxylic acids is 2. The Morgan fingerprint density at radius 2 is 2.12 bits per heavy atom. The highest BCUT2D eigenvalue weighted by atomic mass is 16.5. The fourth-order valence-corrected chi connectivity index (χ4v) is 3.26. The summed E-state index contributed by atoms with van der Waals surface area (Å²) in [6, 6.07) is 5.70. The van der Waals surface area contributed by atoms with Gasteiger partial charge in [0, 0.05) is 25.2 Å². The maximum Gasteiger partial charge on any atom is 0.237 e. The van der Waals surface area contributed by atoms with Crippen LogP contribution in [0.1, 0.15) is 31.2 Å². The smallest absolute Gasteiger partial charge is 0.237 e. The highest BCUT2D eigenvalue weighted by Gasteiger charge is 2.24. The van der Waals surface area contributed by atoms with Crippen LogP contribution in [0.3, 0.4) is 0 Å². The van der Waals surface area contributed by atoms with Crippen LogP contribution in [0, 0.1) is 0 Å². The molecule has 6 nitrogen and oxygen atoms in total. The zero-order valence-corrected chi connectivity index (χ0v) is 14.1. The van der Waals surface area contributed by atoms with Gasteiger partial charge < -0.3 is 15.4 Å². The summed E-state index contributed by atoms with van der Waals surface area (Å²) in [5.41, 5.74) is 1.99. The Balaban J connectivity index is 1.51. The van der Waals surface area contributed by atoms with E-state index in [1.807, 2.05) is 25.2 Å². The van der Waals surface area contributed by atoms with Gasteiger partial charge in [0.05, 0.1) is 6.04 Å². The summed E-state index contributed by atoms with van der Waals surface area (Å²) >= 11 is 0. The number of benzene rings is 1. The van der Waals surface area contributed by atoms with Crippen molar-refractivity contribution in [3.8, 4) is 5.75 Å². The molecule has 24 heavy (non-hydrogen) atoms. The highest BCUT2D eigenvalue weighted by Crippen LogP contribution is 2.26. The number of hydrogen-bond donors (Lipinski definition) is 2. The van der Waals surface area contributed by atoms with E-state index in [1.165, 1.54) is 0 Å². The second kappa shape index (κ2) is 7.66. The molecule has 0 saturated carbocycles. The summed E-state index contributed by atoms with van der Waals surface area (Å²) in [4.78, 5) is 25.5. The molecule has 0 aliphatic carbocycles. The molecule has 0 bridgehead atoms. The largest absolute Gasteiger partial charge is 0.492 e. The Labute approximate surface area is 142 Å². The molecule has 2 aliphatic heterocycles. The van der Waals surface area contributed by atoms with E-state index in [2.05, 4.69) is 15.5 Å². The summed E-state index contributed by atoms with van der Waals surface area (Å²) in [5.74, 6) is 1.00. The molecule has 2 heterocycles. The molecule has 130 valence electrons. The van der Waals surface area contributed by atoms with Crippen molar-refractivity contribution < 1.29 is 14.3 Å². The predicted octanol–water partition coefficient (Wildman–Crippen LogP) is 1.55. The quantitative estimate of drug-likeness (QED) is 0.859. The van der Waals surface area contributed by atoms with Crippen LogP contribution in [0.15, 0.2) is 18.2 Å². The standard InChI is InChI=1S/C18H25N3O3/c1-21(16-4-2-3-9-19-18(16)23)10-11-24-14-6-7-15-13(12-14)5-8-17(22)20-15/h6-7,12,16H,2-5,8-11H2,1H3,(H,19,23)(H,20,22)/t16-/m0/s1. The third-order valence-corrected chi connectivity index (χ3v) is 4.72. The molecule has 0 unspecified atom stereocenters. The SMILES string of the molecule is CN(CCOc1ccc2c(c1)CCC(=O)N2)[C@H]1CCCCNC1=O. The van der Waals surface area contributed by atoms with Gasteiger partial charge in [-0.15, -0.1) is 0 Å². The molecule has 1 fully saturated rings. The van der Waals surface area contributed by atoms with Crippen LogP contribution in [0.5, 0.6) is 5.75 Å². The zero-order chi connectivity index (χ0) is 16.9. The number of likely N-dealkylation sites (N-methyl/N-ethyl adjacent to an activating group) is 1. The van der Waals surface area contributed by atoms with Gasteiger partial charge in [-0.1, -0.05) is 0 Å². The Morgan fingerprint density at radius 1 is 1.25 bits per heavy atom. The van der Waals surface area contributed by atoms with E-state index in [0.29, 0.717) is 19.6 Å². The van der Waals surface area contributed by atoms with Crippen molar-refractivity contribution in [1.82, 2.24) is 10.2 Å². The minimum absolute atomic E-state index is 0.0603. The third kappa shape index (κ3) is 4.06. The molecule has 2 amide bonds. The number of fused-ring (bicyclic) bond motifs is 1. The monoisotopic (exact) mass is 331 g/mol. The van der Waals surface area contributed by atoms with Crippen LogP contribution in [0.25, 0.3) is 0 Å². The van der Waals surface area contributed by atoms with Gasteiger partial charge >= 0.3 is 0 Å². The molecule has 1 aromatic rings. The Hall–Kier alpha value is -2.08. The van der Waals surface area contributed by atoms with Crippen molar-refractivity contribution in [3.05, 3.63) is 23.8 Å². The minimum atomic E-state index is -0.0603. The lowest BCUT2D eigenvalue weighted by Gasteiger charge is -2.25. The summed E-state index contributed by atoms with van der Waals surface area (Å²) in [7, 11) is 1.97. The number of aryl methyl sites for hydroxylation is 1. The predicted molar refractivity (Wildman–Crippen MR) is 92.2 cm³/mol. The molecular weight excluding hydrogens is 306 g/mol. The van der Waals surface area contributed by atoms with Gasteiger partial charge in [0.2, 0.25) is 11.8 Å². The molecule has 1 atom stereocenters. The van der Waals surface area contributed by atoms with E-state index in [-0.39, 0.29) is 17.9 Å². The molecule has 6 heteroatoms. The van der Waals surface area contributed by atoms with E-state index in [0.717, 1.165) is 49.2 Å². The number of amides is 2. The number of hydrogen-bond acceptors (Lipinski definition) is 4. The van der Waals surface area contributed by atoms with E-state index in [1.54, 1.807) is 0 Å². The molecule has 2 aliphatic rings. The molecule has 1 saturated heterocycles. The number of anilines is 1. The number of nitrogens with zero attached hydrogens (tertiary/aromatic N) is 1. The second-order valence-corrected chi connectivity index (χ2v) is 6.50. The lowest BCUT2D eigenvalue weighted by Crippen LogP contribution is -2.45. The van der Waals surface area contributed by atoms with Gasteiger partial charge in [0.15, 0.2) is 0 Å². The van der Waals surface area contributed by atoms with Gasteiger partial charge in [-0.05, 0) is 56.5 Å². The molecule has 0 aromatic heterocycles.